The normalized spacial score (nSPS) is 34.2. The molecule has 0 aromatic carbocycles. The van der Waals surface area contributed by atoms with Gasteiger partial charge < -0.3 is 5.11 Å². The van der Waals surface area contributed by atoms with Crippen molar-refractivity contribution in [3.05, 3.63) is 0 Å². The fraction of sp³-hybridized carbons (Fsp3) is 0.778. The second kappa shape index (κ2) is 2.88. The molecule has 66 valence electrons. The lowest BCUT2D eigenvalue weighted by Crippen LogP contribution is -2.18. The molecule has 1 heterocycles. The van der Waals surface area contributed by atoms with E-state index in [-0.39, 0.29) is 0 Å². The molecule has 0 unspecified atom stereocenters. The van der Waals surface area contributed by atoms with Gasteiger partial charge in [-0.05, 0) is 18.8 Å². The molecule has 0 bridgehead atoms. The molecule has 2 rings (SSSR count). The summed E-state index contributed by atoms with van der Waals surface area (Å²) in [6.45, 7) is 0. The van der Waals surface area contributed by atoms with E-state index in [2.05, 4.69) is 4.99 Å². The van der Waals surface area contributed by atoms with Crippen LogP contribution in [0.4, 0.5) is 0 Å². The molecular formula is C9H13NO2. The van der Waals surface area contributed by atoms with E-state index in [4.69, 9.17) is 5.11 Å². The largest absolute Gasteiger partial charge is 0.477 e. The van der Waals surface area contributed by atoms with E-state index in [9.17, 15) is 4.79 Å². The van der Waals surface area contributed by atoms with Gasteiger partial charge in [-0.25, -0.2) is 4.79 Å². The zero-order chi connectivity index (χ0) is 8.55. The summed E-state index contributed by atoms with van der Waals surface area (Å²) in [7, 11) is 0. The topological polar surface area (TPSA) is 49.7 Å². The van der Waals surface area contributed by atoms with Crippen LogP contribution in [0, 0.1) is 5.92 Å². The van der Waals surface area contributed by atoms with Gasteiger partial charge in [-0.15, -0.1) is 0 Å². The Balaban J connectivity index is 2.09. The second-order valence-corrected chi connectivity index (χ2v) is 3.70. The average molecular weight is 167 g/mol. The third kappa shape index (κ3) is 1.24. The van der Waals surface area contributed by atoms with Gasteiger partial charge in [-0.3, -0.25) is 4.99 Å². The first kappa shape index (κ1) is 7.77. The molecule has 0 aromatic rings. The highest BCUT2D eigenvalue weighted by Gasteiger charge is 2.33. The number of nitrogens with zero attached hydrogens (tertiary/aromatic N) is 1. The first-order chi connectivity index (χ1) is 5.77. The molecule has 0 spiro atoms. The highest BCUT2D eigenvalue weighted by molar-refractivity contribution is 6.36. The molecule has 1 N–H and O–H groups in total. The number of rotatable bonds is 1. The molecule has 0 radical (unpaired) electrons. The number of carboxylic acids is 1. The summed E-state index contributed by atoms with van der Waals surface area (Å²) in [6, 6.07) is 0.338. The van der Waals surface area contributed by atoms with Crippen LogP contribution in [0.3, 0.4) is 0 Å². The molecule has 1 fully saturated rings. The van der Waals surface area contributed by atoms with Crippen LogP contribution < -0.4 is 0 Å². The highest BCUT2D eigenvalue weighted by Crippen LogP contribution is 2.34. The standard InChI is InChI=1S/C9H13NO2/c11-9(12)8-5-6-3-1-2-4-7(6)10-8/h6-7H,1-5H2,(H,11,12)/t6-,7+/m1/s1. The quantitative estimate of drug-likeness (QED) is 0.643. The number of hydrogen-bond acceptors (Lipinski definition) is 2. The van der Waals surface area contributed by atoms with Gasteiger partial charge in [-0.1, -0.05) is 12.8 Å². The van der Waals surface area contributed by atoms with Gasteiger partial charge >= 0.3 is 5.97 Å². The maximum Gasteiger partial charge on any atom is 0.349 e. The monoisotopic (exact) mass is 167 g/mol. The van der Waals surface area contributed by atoms with Crippen LogP contribution in [-0.4, -0.2) is 22.8 Å². The average Bonchev–Trinajstić information content (AvgIpc) is 2.46. The van der Waals surface area contributed by atoms with E-state index < -0.39 is 5.97 Å². The van der Waals surface area contributed by atoms with Crippen molar-refractivity contribution in [1.29, 1.82) is 0 Å². The number of hydrogen-bond donors (Lipinski definition) is 1. The molecule has 1 aliphatic carbocycles. The number of aliphatic imine (C=N–C) groups is 1. The van der Waals surface area contributed by atoms with Crippen molar-refractivity contribution in [3.8, 4) is 0 Å². The first-order valence-electron chi connectivity index (χ1n) is 4.57. The Bertz CT molecular complexity index is 235. The molecule has 1 saturated carbocycles. The Morgan fingerprint density at radius 2 is 2.17 bits per heavy atom. The minimum Gasteiger partial charge on any atom is -0.477 e. The maximum absolute atomic E-state index is 10.6. The fourth-order valence-electron chi connectivity index (χ4n) is 2.24. The van der Waals surface area contributed by atoms with E-state index in [0.717, 1.165) is 6.42 Å². The molecule has 0 saturated heterocycles. The van der Waals surface area contributed by atoms with E-state index in [0.29, 0.717) is 24.1 Å². The predicted molar refractivity (Wildman–Crippen MR) is 45.4 cm³/mol. The third-order valence-electron chi connectivity index (χ3n) is 2.89. The molecule has 3 heteroatoms. The lowest BCUT2D eigenvalue weighted by atomic mass is 9.84. The van der Waals surface area contributed by atoms with Crippen LogP contribution in [0.15, 0.2) is 4.99 Å². The van der Waals surface area contributed by atoms with Gasteiger partial charge in [0.25, 0.3) is 0 Å². The molecule has 1 aliphatic heterocycles. The molecule has 12 heavy (non-hydrogen) atoms. The molecule has 0 amide bonds. The summed E-state index contributed by atoms with van der Waals surface area (Å²) in [4.78, 5) is 14.8. The molecule has 2 aliphatic rings. The Hall–Kier alpha value is -0.860. The van der Waals surface area contributed by atoms with Crippen LogP contribution in [0.25, 0.3) is 0 Å². The third-order valence-corrected chi connectivity index (χ3v) is 2.89. The van der Waals surface area contributed by atoms with E-state index in [1.54, 1.807) is 0 Å². The highest BCUT2D eigenvalue weighted by atomic mass is 16.4. The zero-order valence-electron chi connectivity index (χ0n) is 6.99. The van der Waals surface area contributed by atoms with Crippen molar-refractivity contribution >= 4 is 11.7 Å². The minimum absolute atomic E-state index is 0.338. The molecule has 3 nitrogen and oxygen atoms in total. The number of aliphatic carboxylic acids is 1. The lowest BCUT2D eigenvalue weighted by molar-refractivity contribution is -0.129. The van der Waals surface area contributed by atoms with E-state index in [1.165, 1.54) is 19.3 Å². The fourth-order valence-corrected chi connectivity index (χ4v) is 2.24. The Morgan fingerprint density at radius 1 is 1.42 bits per heavy atom. The molecule has 0 aromatic heterocycles. The molecule has 2 atom stereocenters. The van der Waals surface area contributed by atoms with Gasteiger partial charge in [0.1, 0.15) is 5.71 Å². The molecular weight excluding hydrogens is 154 g/mol. The second-order valence-electron chi connectivity index (χ2n) is 3.70. The Morgan fingerprint density at radius 3 is 2.83 bits per heavy atom. The van der Waals surface area contributed by atoms with Gasteiger partial charge in [0.15, 0.2) is 0 Å². The van der Waals surface area contributed by atoms with Crippen molar-refractivity contribution in [1.82, 2.24) is 0 Å². The van der Waals surface area contributed by atoms with Crippen LogP contribution in [0.5, 0.6) is 0 Å². The minimum atomic E-state index is -0.815. The van der Waals surface area contributed by atoms with Gasteiger partial charge in [-0.2, -0.15) is 0 Å². The van der Waals surface area contributed by atoms with Crippen molar-refractivity contribution in [3.63, 3.8) is 0 Å². The summed E-state index contributed by atoms with van der Waals surface area (Å²) in [5.41, 5.74) is 0.409. The summed E-state index contributed by atoms with van der Waals surface area (Å²) in [5.74, 6) is -0.269. The smallest absolute Gasteiger partial charge is 0.349 e. The Kier molecular flexibility index (Phi) is 1.87. The summed E-state index contributed by atoms with van der Waals surface area (Å²) in [5, 5.41) is 8.73. The van der Waals surface area contributed by atoms with Crippen molar-refractivity contribution < 1.29 is 9.90 Å². The van der Waals surface area contributed by atoms with Crippen LogP contribution >= 0.6 is 0 Å². The summed E-state index contributed by atoms with van der Waals surface area (Å²) < 4.78 is 0. The number of carboxylic acid groups (broad SMARTS) is 1. The van der Waals surface area contributed by atoms with Crippen molar-refractivity contribution in [2.24, 2.45) is 10.9 Å². The lowest BCUT2D eigenvalue weighted by Gasteiger charge is -2.22. The maximum atomic E-state index is 10.6. The van der Waals surface area contributed by atoms with Crippen LogP contribution in [0.2, 0.25) is 0 Å². The van der Waals surface area contributed by atoms with Crippen LogP contribution in [0.1, 0.15) is 32.1 Å². The van der Waals surface area contributed by atoms with Crippen molar-refractivity contribution in [2.75, 3.05) is 0 Å². The van der Waals surface area contributed by atoms with Gasteiger partial charge in [0.05, 0.1) is 6.04 Å². The van der Waals surface area contributed by atoms with E-state index >= 15 is 0 Å². The van der Waals surface area contributed by atoms with Gasteiger partial charge in [0, 0.05) is 6.42 Å². The first-order valence-corrected chi connectivity index (χ1v) is 4.57. The number of fused-ring (bicyclic) bond motifs is 1. The summed E-state index contributed by atoms with van der Waals surface area (Å²) in [6.07, 6.45) is 5.45. The van der Waals surface area contributed by atoms with Gasteiger partial charge in [0.2, 0.25) is 0 Å². The predicted octanol–water partition coefficient (Wildman–Crippen LogP) is 1.47. The summed E-state index contributed by atoms with van der Waals surface area (Å²) >= 11 is 0. The Labute approximate surface area is 71.5 Å². The van der Waals surface area contributed by atoms with Crippen LogP contribution in [-0.2, 0) is 4.79 Å². The SMILES string of the molecule is O=C(O)C1=N[C@H]2CCCC[C@@H]2C1. The van der Waals surface area contributed by atoms with E-state index in [1.807, 2.05) is 0 Å². The van der Waals surface area contributed by atoms with Crippen molar-refractivity contribution in [2.45, 2.75) is 38.1 Å². The zero-order valence-corrected chi connectivity index (χ0v) is 6.99. The number of carbonyl (C=O) groups is 1.